The highest BCUT2D eigenvalue weighted by molar-refractivity contribution is 5.83. The van der Waals surface area contributed by atoms with Gasteiger partial charge in [-0.05, 0) is 13.5 Å². The van der Waals surface area contributed by atoms with Gasteiger partial charge in [-0.15, -0.1) is 0 Å². The maximum atomic E-state index is 5.34. The topological polar surface area (TPSA) is 33.6 Å². The first-order valence-electron chi connectivity index (χ1n) is 3.73. The zero-order valence-electron chi connectivity index (χ0n) is 6.18. The van der Waals surface area contributed by atoms with Gasteiger partial charge >= 0.3 is 0 Å². The molecule has 10 heavy (non-hydrogen) atoms. The molecular weight excluding hydrogens is 128 g/mol. The minimum Gasteiger partial charge on any atom is -0.387 e. The highest BCUT2D eigenvalue weighted by atomic mass is 16.7. The second kappa shape index (κ2) is 1.95. The van der Waals surface area contributed by atoms with E-state index >= 15 is 0 Å². The predicted octanol–water partition coefficient (Wildman–Crippen LogP) is 0.515. The summed E-state index contributed by atoms with van der Waals surface area (Å²) in [5.74, 6) is 0. The summed E-state index contributed by atoms with van der Waals surface area (Å²) in [6.45, 7) is 4.06. The number of rotatable bonds is 0. The average Bonchev–Trinajstić information content (AvgIpc) is 2.46. The SMILES string of the molecule is CC1=NOC2(CCNC2)C1. The molecule has 1 unspecified atom stereocenters. The van der Waals surface area contributed by atoms with Gasteiger partial charge in [0.2, 0.25) is 0 Å². The van der Waals surface area contributed by atoms with Crippen LogP contribution in [0, 0.1) is 0 Å². The van der Waals surface area contributed by atoms with Gasteiger partial charge in [0, 0.05) is 19.4 Å². The highest BCUT2D eigenvalue weighted by Crippen LogP contribution is 2.29. The Balaban J connectivity index is 2.07. The molecule has 2 heterocycles. The zero-order chi connectivity index (χ0) is 7.03. The van der Waals surface area contributed by atoms with Crippen LogP contribution in [-0.2, 0) is 4.84 Å². The van der Waals surface area contributed by atoms with E-state index in [-0.39, 0.29) is 5.60 Å². The summed E-state index contributed by atoms with van der Waals surface area (Å²) in [5, 5.41) is 7.23. The first kappa shape index (κ1) is 6.16. The molecule has 2 rings (SSSR count). The van der Waals surface area contributed by atoms with Crippen molar-refractivity contribution in [3.05, 3.63) is 0 Å². The van der Waals surface area contributed by atoms with Gasteiger partial charge in [0.25, 0.3) is 0 Å². The lowest BCUT2D eigenvalue weighted by molar-refractivity contribution is -0.00190. The Hall–Kier alpha value is -0.570. The third-order valence-electron chi connectivity index (χ3n) is 2.18. The lowest BCUT2D eigenvalue weighted by Gasteiger charge is -2.17. The van der Waals surface area contributed by atoms with Crippen molar-refractivity contribution in [1.29, 1.82) is 0 Å². The fourth-order valence-corrected chi connectivity index (χ4v) is 1.66. The molecule has 0 aromatic carbocycles. The summed E-state index contributed by atoms with van der Waals surface area (Å²) in [5.41, 5.74) is 1.17. The fourth-order valence-electron chi connectivity index (χ4n) is 1.66. The second-order valence-corrected chi connectivity index (χ2v) is 3.20. The molecule has 1 saturated heterocycles. The molecule has 0 aliphatic carbocycles. The number of nitrogens with zero attached hydrogens (tertiary/aromatic N) is 1. The van der Waals surface area contributed by atoms with Crippen molar-refractivity contribution in [2.75, 3.05) is 13.1 Å². The van der Waals surface area contributed by atoms with Crippen LogP contribution in [0.1, 0.15) is 19.8 Å². The van der Waals surface area contributed by atoms with Crippen LogP contribution in [0.15, 0.2) is 5.16 Å². The molecule has 1 spiro atoms. The number of nitrogens with one attached hydrogen (secondary N) is 1. The van der Waals surface area contributed by atoms with Gasteiger partial charge in [-0.1, -0.05) is 5.16 Å². The summed E-state index contributed by atoms with van der Waals surface area (Å²) in [6.07, 6.45) is 2.12. The predicted molar refractivity (Wildman–Crippen MR) is 39.0 cm³/mol. The van der Waals surface area contributed by atoms with Gasteiger partial charge < -0.3 is 10.2 Å². The molecule has 0 aromatic heterocycles. The van der Waals surface area contributed by atoms with Crippen molar-refractivity contribution < 1.29 is 4.84 Å². The van der Waals surface area contributed by atoms with Gasteiger partial charge in [-0.25, -0.2) is 0 Å². The highest BCUT2D eigenvalue weighted by Gasteiger charge is 2.40. The van der Waals surface area contributed by atoms with Crippen molar-refractivity contribution in [1.82, 2.24) is 5.32 Å². The summed E-state index contributed by atoms with van der Waals surface area (Å²) in [7, 11) is 0. The van der Waals surface area contributed by atoms with Crippen LogP contribution < -0.4 is 5.32 Å². The van der Waals surface area contributed by atoms with E-state index in [0.717, 1.165) is 31.6 Å². The first-order chi connectivity index (χ1) is 4.81. The molecule has 3 heteroatoms. The minimum absolute atomic E-state index is 0.0457. The molecule has 56 valence electrons. The van der Waals surface area contributed by atoms with Gasteiger partial charge in [0.1, 0.15) is 0 Å². The maximum absolute atomic E-state index is 5.34. The Morgan fingerprint density at radius 3 is 3.10 bits per heavy atom. The van der Waals surface area contributed by atoms with Crippen LogP contribution in [-0.4, -0.2) is 24.4 Å². The minimum atomic E-state index is 0.0457. The summed E-state index contributed by atoms with van der Waals surface area (Å²) < 4.78 is 0. The van der Waals surface area contributed by atoms with Gasteiger partial charge in [-0.2, -0.15) is 0 Å². The van der Waals surface area contributed by atoms with Crippen molar-refractivity contribution in [2.45, 2.75) is 25.4 Å². The number of oxime groups is 1. The molecular formula is C7H12N2O. The zero-order valence-corrected chi connectivity index (χ0v) is 6.18. The quantitative estimate of drug-likeness (QED) is 0.532. The van der Waals surface area contributed by atoms with Crippen LogP contribution in [0.2, 0.25) is 0 Å². The Morgan fingerprint density at radius 2 is 2.60 bits per heavy atom. The van der Waals surface area contributed by atoms with Gasteiger partial charge in [-0.3, -0.25) is 0 Å². The first-order valence-corrected chi connectivity index (χ1v) is 3.73. The van der Waals surface area contributed by atoms with Crippen molar-refractivity contribution >= 4 is 5.71 Å². The third-order valence-corrected chi connectivity index (χ3v) is 2.18. The van der Waals surface area contributed by atoms with E-state index < -0.39 is 0 Å². The third kappa shape index (κ3) is 0.814. The van der Waals surface area contributed by atoms with Crippen LogP contribution in [0.25, 0.3) is 0 Å². The standard InChI is InChI=1S/C7H12N2O/c1-6-4-7(10-9-6)2-3-8-5-7/h8H,2-5H2,1H3. The normalized spacial score (nSPS) is 38.3. The van der Waals surface area contributed by atoms with E-state index in [4.69, 9.17) is 4.84 Å². The molecule has 0 aromatic rings. The Morgan fingerprint density at radius 1 is 1.70 bits per heavy atom. The largest absolute Gasteiger partial charge is 0.387 e. The average molecular weight is 140 g/mol. The van der Waals surface area contributed by atoms with E-state index in [0.29, 0.717) is 0 Å². The van der Waals surface area contributed by atoms with E-state index in [9.17, 15) is 0 Å². The Kier molecular flexibility index (Phi) is 1.20. The lowest BCUT2D eigenvalue weighted by atomic mass is 9.97. The number of hydrogen-bond acceptors (Lipinski definition) is 3. The smallest absolute Gasteiger partial charge is 0.156 e. The molecule has 0 bridgehead atoms. The Bertz CT molecular complexity index is 170. The molecule has 1 atom stereocenters. The molecule has 0 radical (unpaired) electrons. The van der Waals surface area contributed by atoms with E-state index in [1.165, 1.54) is 0 Å². The molecule has 1 N–H and O–H groups in total. The van der Waals surface area contributed by atoms with Crippen molar-refractivity contribution in [3.63, 3.8) is 0 Å². The molecule has 3 nitrogen and oxygen atoms in total. The molecule has 0 saturated carbocycles. The van der Waals surface area contributed by atoms with Crippen LogP contribution in [0.3, 0.4) is 0 Å². The van der Waals surface area contributed by atoms with Crippen LogP contribution in [0.5, 0.6) is 0 Å². The second-order valence-electron chi connectivity index (χ2n) is 3.20. The van der Waals surface area contributed by atoms with Crippen molar-refractivity contribution in [3.8, 4) is 0 Å². The van der Waals surface area contributed by atoms with E-state index in [2.05, 4.69) is 10.5 Å². The maximum Gasteiger partial charge on any atom is 0.156 e. The Labute approximate surface area is 60.4 Å². The molecule has 2 aliphatic heterocycles. The lowest BCUT2D eigenvalue weighted by Crippen LogP contribution is -2.31. The summed E-state index contributed by atoms with van der Waals surface area (Å²) in [6, 6.07) is 0. The van der Waals surface area contributed by atoms with Crippen LogP contribution in [0.4, 0.5) is 0 Å². The van der Waals surface area contributed by atoms with Crippen LogP contribution >= 0.6 is 0 Å². The monoisotopic (exact) mass is 140 g/mol. The van der Waals surface area contributed by atoms with Gasteiger partial charge in [0.05, 0.1) is 5.71 Å². The number of hydrogen-bond donors (Lipinski definition) is 1. The molecule has 1 fully saturated rings. The fraction of sp³-hybridized carbons (Fsp3) is 0.857. The molecule has 2 aliphatic rings. The van der Waals surface area contributed by atoms with E-state index in [1.54, 1.807) is 0 Å². The van der Waals surface area contributed by atoms with Gasteiger partial charge in [0.15, 0.2) is 5.60 Å². The van der Waals surface area contributed by atoms with E-state index in [1.807, 2.05) is 6.92 Å². The summed E-state index contributed by atoms with van der Waals surface area (Å²) in [4.78, 5) is 5.34. The summed E-state index contributed by atoms with van der Waals surface area (Å²) >= 11 is 0. The van der Waals surface area contributed by atoms with Crippen molar-refractivity contribution in [2.24, 2.45) is 5.16 Å². The molecule has 0 amide bonds.